The molecule has 1 N–H and O–H groups in total. The molecule has 0 radical (unpaired) electrons. The van der Waals surface area contributed by atoms with Crippen molar-refractivity contribution in [2.24, 2.45) is 0 Å². The number of nitrogens with zero attached hydrogens (tertiary/aromatic N) is 3. The number of hydrogen-bond donors (Lipinski definition) is 1. The van der Waals surface area contributed by atoms with Crippen LogP contribution >= 0.6 is 0 Å². The maximum absolute atomic E-state index is 11.5. The van der Waals surface area contributed by atoms with E-state index in [9.17, 15) is 8.42 Å². The molecule has 0 saturated heterocycles. The van der Waals surface area contributed by atoms with E-state index >= 15 is 0 Å². The summed E-state index contributed by atoms with van der Waals surface area (Å²) < 4.78 is 33.4. The van der Waals surface area contributed by atoms with E-state index in [4.69, 9.17) is 9.47 Å². The van der Waals surface area contributed by atoms with Crippen LogP contribution in [0.3, 0.4) is 0 Å². The second-order valence-corrected chi connectivity index (χ2v) is 6.04. The van der Waals surface area contributed by atoms with Crippen molar-refractivity contribution in [2.45, 2.75) is 4.90 Å². The molecule has 0 bridgehead atoms. The van der Waals surface area contributed by atoms with Crippen LogP contribution in [0.2, 0.25) is 0 Å². The number of anilines is 1. The SMILES string of the molecule is CNc1nc(OC)nc(Oc2cccc(S(C)(=O)=O)c2)n1. The van der Waals surface area contributed by atoms with Crippen molar-refractivity contribution in [2.75, 3.05) is 25.7 Å². The summed E-state index contributed by atoms with van der Waals surface area (Å²) in [5.74, 6) is 0.573. The fraction of sp³-hybridized carbons (Fsp3) is 0.250. The highest BCUT2D eigenvalue weighted by atomic mass is 32.2. The molecule has 1 aromatic carbocycles. The Kier molecular flexibility index (Phi) is 4.22. The van der Waals surface area contributed by atoms with Gasteiger partial charge in [0.15, 0.2) is 9.84 Å². The van der Waals surface area contributed by atoms with Gasteiger partial charge in [0.1, 0.15) is 5.75 Å². The summed E-state index contributed by atoms with van der Waals surface area (Å²) in [6.45, 7) is 0. The molecule has 0 spiro atoms. The van der Waals surface area contributed by atoms with Gasteiger partial charge in [0.25, 0.3) is 0 Å². The van der Waals surface area contributed by atoms with Crippen molar-refractivity contribution >= 4 is 15.8 Å². The smallest absolute Gasteiger partial charge is 0.330 e. The summed E-state index contributed by atoms with van der Waals surface area (Å²) in [4.78, 5) is 12.0. The quantitative estimate of drug-likeness (QED) is 0.876. The lowest BCUT2D eigenvalue weighted by molar-refractivity contribution is 0.360. The van der Waals surface area contributed by atoms with Crippen LogP contribution in [0.15, 0.2) is 29.2 Å². The first-order valence-corrected chi connectivity index (χ1v) is 7.77. The molecule has 0 saturated carbocycles. The number of ether oxygens (including phenoxy) is 2. The third-order valence-electron chi connectivity index (χ3n) is 2.44. The molecule has 9 heteroatoms. The van der Waals surface area contributed by atoms with Gasteiger partial charge >= 0.3 is 12.0 Å². The van der Waals surface area contributed by atoms with E-state index < -0.39 is 9.84 Å². The summed E-state index contributed by atoms with van der Waals surface area (Å²) in [5, 5.41) is 2.75. The van der Waals surface area contributed by atoms with Crippen LogP contribution in [-0.2, 0) is 9.84 Å². The number of benzene rings is 1. The monoisotopic (exact) mass is 310 g/mol. The molecule has 2 rings (SSSR count). The standard InChI is InChI=1S/C12H14N4O4S/c1-13-10-14-11(19-2)16-12(15-10)20-8-5-4-6-9(7-8)21(3,17)18/h4-7H,1-3H3,(H,13,14,15,16). The molecule has 2 aromatic rings. The van der Waals surface area contributed by atoms with Gasteiger partial charge in [-0.1, -0.05) is 6.07 Å². The third-order valence-corrected chi connectivity index (χ3v) is 3.55. The van der Waals surface area contributed by atoms with Gasteiger partial charge < -0.3 is 14.8 Å². The van der Waals surface area contributed by atoms with Crippen LogP contribution in [0.1, 0.15) is 0 Å². The van der Waals surface area contributed by atoms with E-state index in [1.807, 2.05) is 0 Å². The molecule has 0 aliphatic carbocycles. The molecule has 0 amide bonds. The first-order chi connectivity index (χ1) is 9.92. The highest BCUT2D eigenvalue weighted by Gasteiger charge is 2.11. The van der Waals surface area contributed by atoms with Crippen LogP contribution in [0.25, 0.3) is 0 Å². The molecule has 0 aliphatic rings. The van der Waals surface area contributed by atoms with Gasteiger partial charge in [-0.25, -0.2) is 8.42 Å². The van der Waals surface area contributed by atoms with Crippen LogP contribution < -0.4 is 14.8 Å². The van der Waals surface area contributed by atoms with Crippen molar-refractivity contribution in [3.05, 3.63) is 24.3 Å². The first-order valence-electron chi connectivity index (χ1n) is 5.88. The molecule has 112 valence electrons. The maximum atomic E-state index is 11.5. The van der Waals surface area contributed by atoms with Gasteiger partial charge in [-0.3, -0.25) is 0 Å². The first kappa shape index (κ1) is 15.0. The number of hydrogen-bond acceptors (Lipinski definition) is 8. The summed E-state index contributed by atoms with van der Waals surface area (Å²) in [6.07, 6.45) is 1.12. The largest absolute Gasteiger partial charge is 0.467 e. The fourth-order valence-corrected chi connectivity index (χ4v) is 2.12. The van der Waals surface area contributed by atoms with E-state index in [1.54, 1.807) is 19.2 Å². The van der Waals surface area contributed by atoms with Crippen LogP contribution in [0, 0.1) is 0 Å². The molecule has 21 heavy (non-hydrogen) atoms. The number of sulfone groups is 1. The van der Waals surface area contributed by atoms with Crippen molar-refractivity contribution in [1.29, 1.82) is 0 Å². The van der Waals surface area contributed by atoms with Crippen molar-refractivity contribution in [3.63, 3.8) is 0 Å². The maximum Gasteiger partial charge on any atom is 0.330 e. The second-order valence-electron chi connectivity index (χ2n) is 4.03. The minimum absolute atomic E-state index is 0.00292. The zero-order valence-electron chi connectivity index (χ0n) is 11.7. The Morgan fingerprint density at radius 1 is 1.14 bits per heavy atom. The Morgan fingerprint density at radius 3 is 2.48 bits per heavy atom. The third kappa shape index (κ3) is 3.78. The van der Waals surface area contributed by atoms with E-state index in [-0.39, 0.29) is 22.9 Å². The fourth-order valence-electron chi connectivity index (χ4n) is 1.46. The second kappa shape index (κ2) is 5.92. The number of rotatable bonds is 5. The van der Waals surface area contributed by atoms with E-state index in [1.165, 1.54) is 19.2 Å². The molecule has 8 nitrogen and oxygen atoms in total. The average Bonchev–Trinajstić information content (AvgIpc) is 2.46. The Labute approximate surface area is 122 Å². The zero-order chi connectivity index (χ0) is 15.5. The summed E-state index contributed by atoms with van der Waals surface area (Å²) in [5.41, 5.74) is 0. The molecule has 1 heterocycles. The van der Waals surface area contributed by atoms with E-state index in [0.717, 1.165) is 6.26 Å². The summed E-state index contributed by atoms with van der Waals surface area (Å²) >= 11 is 0. The number of nitrogens with one attached hydrogen (secondary N) is 1. The lowest BCUT2D eigenvalue weighted by Gasteiger charge is -2.07. The summed E-state index contributed by atoms with van der Waals surface area (Å²) in [7, 11) is -0.252. The molecule has 0 unspecified atom stereocenters. The normalized spacial score (nSPS) is 11.0. The van der Waals surface area contributed by atoms with Crippen LogP contribution in [-0.4, -0.2) is 43.8 Å². The van der Waals surface area contributed by atoms with Gasteiger partial charge in [-0.2, -0.15) is 9.97 Å². The molecule has 0 atom stereocenters. The van der Waals surface area contributed by atoms with Gasteiger partial charge in [-0.05, 0) is 18.2 Å². The van der Waals surface area contributed by atoms with Crippen LogP contribution in [0.4, 0.5) is 5.95 Å². The Hall–Kier alpha value is -2.42. The zero-order valence-corrected chi connectivity index (χ0v) is 12.5. The Balaban J connectivity index is 2.34. The predicted molar refractivity (Wildman–Crippen MR) is 75.6 cm³/mol. The predicted octanol–water partition coefficient (Wildman–Crippen LogP) is 1.12. The van der Waals surface area contributed by atoms with E-state index in [0.29, 0.717) is 5.75 Å². The molecule has 0 aliphatic heterocycles. The lowest BCUT2D eigenvalue weighted by atomic mass is 10.3. The van der Waals surface area contributed by atoms with Gasteiger partial charge in [0, 0.05) is 13.3 Å². The van der Waals surface area contributed by atoms with Crippen molar-refractivity contribution in [3.8, 4) is 17.8 Å². The minimum atomic E-state index is -3.31. The van der Waals surface area contributed by atoms with Crippen molar-refractivity contribution in [1.82, 2.24) is 15.0 Å². The number of methoxy groups -OCH3 is 1. The average molecular weight is 310 g/mol. The molecule has 1 aromatic heterocycles. The highest BCUT2D eigenvalue weighted by Crippen LogP contribution is 2.23. The van der Waals surface area contributed by atoms with Gasteiger partial charge in [0.05, 0.1) is 12.0 Å². The molecular formula is C12H14N4O4S. The topological polar surface area (TPSA) is 103 Å². The van der Waals surface area contributed by atoms with Crippen molar-refractivity contribution < 1.29 is 17.9 Å². The highest BCUT2D eigenvalue weighted by molar-refractivity contribution is 7.90. The Morgan fingerprint density at radius 2 is 1.86 bits per heavy atom. The van der Waals surface area contributed by atoms with Gasteiger partial charge in [-0.15, -0.1) is 4.98 Å². The van der Waals surface area contributed by atoms with Crippen LogP contribution in [0.5, 0.6) is 17.8 Å². The van der Waals surface area contributed by atoms with Gasteiger partial charge in [0.2, 0.25) is 5.95 Å². The molecular weight excluding hydrogens is 296 g/mol. The van der Waals surface area contributed by atoms with E-state index in [2.05, 4.69) is 20.3 Å². The minimum Gasteiger partial charge on any atom is -0.467 e. The Bertz CT molecular complexity index is 726. The summed E-state index contributed by atoms with van der Waals surface area (Å²) in [6, 6.07) is 6.13. The lowest BCUT2D eigenvalue weighted by Crippen LogP contribution is -2.03. The molecule has 0 fully saturated rings. The number of aromatic nitrogens is 3.